The first-order valence-electron chi connectivity index (χ1n) is 6.05. The average molecular weight is 279 g/mol. The van der Waals surface area contributed by atoms with E-state index in [0.717, 1.165) is 17.7 Å². The Kier molecular flexibility index (Phi) is 3.95. The van der Waals surface area contributed by atoms with E-state index in [9.17, 15) is 4.79 Å². The number of halogens is 1. The van der Waals surface area contributed by atoms with Gasteiger partial charge in [0.1, 0.15) is 0 Å². The molecular weight excluding hydrogens is 264 g/mol. The Morgan fingerprint density at radius 2 is 2.00 bits per heavy atom. The monoisotopic (exact) mass is 278 g/mol. The van der Waals surface area contributed by atoms with Gasteiger partial charge in [-0.05, 0) is 18.9 Å². The maximum atomic E-state index is 12.1. The Bertz CT molecular complexity index is 604. The highest BCUT2D eigenvalue weighted by Gasteiger charge is 2.18. The molecule has 6 heteroatoms. The molecule has 0 spiro atoms. The molecule has 0 N–H and O–H groups in total. The Morgan fingerprint density at radius 3 is 2.53 bits per heavy atom. The van der Waals surface area contributed by atoms with Crippen LogP contribution in [0.4, 0.5) is 0 Å². The molecule has 2 aromatic rings. The van der Waals surface area contributed by atoms with Gasteiger partial charge in [0.2, 0.25) is 5.78 Å². The van der Waals surface area contributed by atoms with Gasteiger partial charge in [0.05, 0.1) is 22.8 Å². The summed E-state index contributed by atoms with van der Waals surface area (Å²) in [6.45, 7) is 3.85. The minimum atomic E-state index is -0.160. The molecular formula is C13H15ClN4O. The normalized spacial score (nSPS) is 10.7. The number of aryl methyl sites for hydroxylation is 3. The Hall–Kier alpha value is -1.75. The highest BCUT2D eigenvalue weighted by molar-refractivity contribution is 6.32. The molecule has 0 aliphatic heterocycles. The molecule has 2 rings (SSSR count). The van der Waals surface area contributed by atoms with Crippen LogP contribution < -0.4 is 0 Å². The number of aromatic nitrogens is 4. The van der Waals surface area contributed by atoms with Gasteiger partial charge < -0.3 is 0 Å². The van der Waals surface area contributed by atoms with Crippen molar-refractivity contribution in [2.24, 2.45) is 7.05 Å². The van der Waals surface area contributed by atoms with Gasteiger partial charge in [-0.25, -0.2) is 9.97 Å². The van der Waals surface area contributed by atoms with Crippen molar-refractivity contribution in [3.05, 3.63) is 40.2 Å². The van der Waals surface area contributed by atoms with Crippen molar-refractivity contribution in [1.29, 1.82) is 0 Å². The number of carbonyl (C=O) groups is 1. The molecule has 0 saturated carbocycles. The van der Waals surface area contributed by atoms with Crippen LogP contribution in [0.1, 0.15) is 34.5 Å². The van der Waals surface area contributed by atoms with Crippen LogP contribution in [0.2, 0.25) is 5.02 Å². The molecule has 0 atom stereocenters. The lowest BCUT2D eigenvalue weighted by Crippen LogP contribution is -2.11. The summed E-state index contributed by atoms with van der Waals surface area (Å²) >= 11 is 6.21. The lowest BCUT2D eigenvalue weighted by Gasteiger charge is -2.02. The maximum Gasteiger partial charge on any atom is 0.206 e. The standard InChI is InChI=1S/C13H15ClN4O/c1-4-9-12(14)10(18(3)17-9)5-11(19)13-15-6-8(2)7-16-13/h6-7H,4-5H2,1-3H3. The number of Topliss-reactive ketones (excluding diaryl/α,β-unsaturated/α-hetero) is 1. The molecule has 0 aliphatic carbocycles. The van der Waals surface area contributed by atoms with E-state index in [-0.39, 0.29) is 18.0 Å². The number of rotatable bonds is 4. The molecule has 0 fully saturated rings. The van der Waals surface area contributed by atoms with Crippen LogP contribution in [-0.2, 0) is 19.9 Å². The molecule has 19 heavy (non-hydrogen) atoms. The molecule has 0 unspecified atom stereocenters. The van der Waals surface area contributed by atoms with Gasteiger partial charge in [0.15, 0.2) is 5.82 Å². The van der Waals surface area contributed by atoms with E-state index < -0.39 is 0 Å². The van der Waals surface area contributed by atoms with Crippen molar-refractivity contribution in [3.8, 4) is 0 Å². The summed E-state index contributed by atoms with van der Waals surface area (Å²) in [4.78, 5) is 20.2. The van der Waals surface area contributed by atoms with Gasteiger partial charge >= 0.3 is 0 Å². The minimum Gasteiger partial charge on any atom is -0.290 e. The van der Waals surface area contributed by atoms with Crippen molar-refractivity contribution < 1.29 is 4.79 Å². The zero-order valence-corrected chi connectivity index (χ0v) is 11.9. The van der Waals surface area contributed by atoms with Gasteiger partial charge in [0.25, 0.3) is 0 Å². The number of ketones is 1. The Balaban J connectivity index is 2.24. The van der Waals surface area contributed by atoms with Crippen LogP contribution in [-0.4, -0.2) is 25.5 Å². The second-order valence-electron chi connectivity index (χ2n) is 4.37. The van der Waals surface area contributed by atoms with Gasteiger partial charge in [-0.15, -0.1) is 0 Å². The number of hydrogen-bond acceptors (Lipinski definition) is 4. The fourth-order valence-electron chi connectivity index (χ4n) is 1.78. The molecule has 0 aromatic carbocycles. The highest BCUT2D eigenvalue weighted by Crippen LogP contribution is 2.21. The van der Waals surface area contributed by atoms with Crippen LogP contribution >= 0.6 is 11.6 Å². The topological polar surface area (TPSA) is 60.7 Å². The summed E-state index contributed by atoms with van der Waals surface area (Å²) < 4.78 is 1.65. The van der Waals surface area contributed by atoms with E-state index in [2.05, 4.69) is 15.1 Å². The molecule has 100 valence electrons. The second-order valence-corrected chi connectivity index (χ2v) is 4.75. The molecule has 0 amide bonds. The zero-order chi connectivity index (χ0) is 14.0. The first-order chi connectivity index (χ1) is 9.02. The van der Waals surface area contributed by atoms with Gasteiger partial charge in [-0.2, -0.15) is 5.10 Å². The molecule has 2 heterocycles. The second kappa shape index (κ2) is 5.48. The van der Waals surface area contributed by atoms with Crippen molar-refractivity contribution in [2.75, 3.05) is 0 Å². The zero-order valence-electron chi connectivity index (χ0n) is 11.1. The highest BCUT2D eigenvalue weighted by atomic mass is 35.5. The quantitative estimate of drug-likeness (QED) is 0.804. The average Bonchev–Trinajstić information content (AvgIpc) is 2.67. The van der Waals surface area contributed by atoms with E-state index in [1.807, 2.05) is 13.8 Å². The van der Waals surface area contributed by atoms with Crippen LogP contribution in [0.25, 0.3) is 0 Å². The third-order valence-corrected chi connectivity index (χ3v) is 3.30. The van der Waals surface area contributed by atoms with E-state index in [4.69, 9.17) is 11.6 Å². The smallest absolute Gasteiger partial charge is 0.206 e. The lowest BCUT2D eigenvalue weighted by atomic mass is 10.2. The predicted octanol–water partition coefficient (Wildman–Crippen LogP) is 2.16. The molecule has 0 saturated heterocycles. The van der Waals surface area contributed by atoms with Gasteiger partial charge in [-0.3, -0.25) is 9.48 Å². The predicted molar refractivity (Wildman–Crippen MR) is 72.4 cm³/mol. The number of nitrogens with zero attached hydrogens (tertiary/aromatic N) is 4. The fourth-order valence-corrected chi connectivity index (χ4v) is 2.14. The summed E-state index contributed by atoms with van der Waals surface area (Å²) in [5.74, 6) is 0.0495. The lowest BCUT2D eigenvalue weighted by molar-refractivity contribution is 0.0980. The van der Waals surface area contributed by atoms with Crippen LogP contribution in [0, 0.1) is 6.92 Å². The maximum absolute atomic E-state index is 12.1. The molecule has 2 aromatic heterocycles. The first-order valence-corrected chi connectivity index (χ1v) is 6.42. The van der Waals surface area contributed by atoms with Crippen LogP contribution in [0.3, 0.4) is 0 Å². The minimum absolute atomic E-state index is 0.158. The third-order valence-electron chi connectivity index (χ3n) is 2.86. The SMILES string of the molecule is CCc1nn(C)c(CC(=O)c2ncc(C)cn2)c1Cl. The molecule has 0 radical (unpaired) electrons. The first kappa shape index (κ1) is 13.7. The number of carbonyl (C=O) groups excluding carboxylic acids is 1. The van der Waals surface area contributed by atoms with E-state index in [0.29, 0.717) is 10.7 Å². The Labute approximate surface area is 116 Å². The van der Waals surface area contributed by atoms with Gasteiger partial charge in [-0.1, -0.05) is 18.5 Å². The van der Waals surface area contributed by atoms with Crippen LogP contribution in [0.15, 0.2) is 12.4 Å². The van der Waals surface area contributed by atoms with E-state index in [1.54, 1.807) is 24.1 Å². The third kappa shape index (κ3) is 2.81. The largest absolute Gasteiger partial charge is 0.290 e. The molecule has 0 aliphatic rings. The summed E-state index contributed by atoms with van der Waals surface area (Å²) in [5, 5.41) is 4.84. The van der Waals surface area contributed by atoms with Crippen molar-refractivity contribution in [2.45, 2.75) is 26.7 Å². The van der Waals surface area contributed by atoms with Crippen LogP contribution in [0.5, 0.6) is 0 Å². The summed E-state index contributed by atoms with van der Waals surface area (Å²) in [6.07, 6.45) is 4.15. The van der Waals surface area contributed by atoms with Crippen molar-refractivity contribution in [1.82, 2.24) is 19.7 Å². The van der Waals surface area contributed by atoms with Crippen molar-refractivity contribution in [3.63, 3.8) is 0 Å². The molecule has 0 bridgehead atoms. The summed E-state index contributed by atoms with van der Waals surface area (Å²) in [7, 11) is 1.78. The number of hydrogen-bond donors (Lipinski definition) is 0. The fraction of sp³-hybridized carbons (Fsp3) is 0.385. The van der Waals surface area contributed by atoms with Crippen molar-refractivity contribution >= 4 is 17.4 Å². The summed E-state index contributed by atoms with van der Waals surface area (Å²) in [5.41, 5.74) is 2.42. The van der Waals surface area contributed by atoms with E-state index in [1.165, 1.54) is 0 Å². The molecule has 5 nitrogen and oxygen atoms in total. The van der Waals surface area contributed by atoms with Gasteiger partial charge in [0, 0.05) is 19.4 Å². The Morgan fingerprint density at radius 1 is 1.37 bits per heavy atom. The summed E-state index contributed by atoms with van der Waals surface area (Å²) in [6, 6.07) is 0. The van der Waals surface area contributed by atoms with E-state index >= 15 is 0 Å².